The van der Waals surface area contributed by atoms with E-state index in [0.717, 1.165) is 44.2 Å². The van der Waals surface area contributed by atoms with Crippen LogP contribution in [0.1, 0.15) is 12.5 Å². The molecule has 10 nitrogen and oxygen atoms in total. The van der Waals surface area contributed by atoms with Gasteiger partial charge in [-0.1, -0.05) is 12.1 Å². The van der Waals surface area contributed by atoms with E-state index in [9.17, 15) is 14.9 Å². The van der Waals surface area contributed by atoms with Gasteiger partial charge in [-0.2, -0.15) is 0 Å². The Bertz CT molecular complexity index is 747. The first-order valence-electron chi connectivity index (χ1n) is 10.4. The molecule has 0 atom stereocenters. The van der Waals surface area contributed by atoms with Gasteiger partial charge >= 0.3 is 0 Å². The second-order valence-electron chi connectivity index (χ2n) is 7.35. The summed E-state index contributed by atoms with van der Waals surface area (Å²) in [6.45, 7) is 9.49. The Morgan fingerprint density at radius 3 is 2.32 bits per heavy atom. The largest absolute Gasteiger partial charge is 0.378 e. The number of halogens is 1. The Morgan fingerprint density at radius 2 is 1.74 bits per heavy atom. The molecule has 1 aromatic carbocycles. The van der Waals surface area contributed by atoms with Gasteiger partial charge in [0.25, 0.3) is 5.69 Å². The Hall–Kier alpha value is -1.99. The summed E-state index contributed by atoms with van der Waals surface area (Å²) in [6, 6.07) is 6.48. The minimum Gasteiger partial charge on any atom is -0.378 e. The molecule has 2 fully saturated rings. The average molecular weight is 546 g/mol. The number of morpholine rings is 1. The van der Waals surface area contributed by atoms with Gasteiger partial charge in [-0.3, -0.25) is 19.8 Å². The van der Waals surface area contributed by atoms with Gasteiger partial charge in [0, 0.05) is 57.9 Å². The van der Waals surface area contributed by atoms with Crippen LogP contribution in [0.15, 0.2) is 29.3 Å². The lowest BCUT2D eigenvalue weighted by atomic mass is 10.2. The van der Waals surface area contributed by atoms with E-state index in [1.54, 1.807) is 12.1 Å². The van der Waals surface area contributed by atoms with Crippen molar-refractivity contribution in [1.82, 2.24) is 20.0 Å². The van der Waals surface area contributed by atoms with Gasteiger partial charge in [0.05, 0.1) is 31.2 Å². The van der Waals surface area contributed by atoms with Crippen LogP contribution >= 0.6 is 24.0 Å². The normalized spacial score (nSPS) is 17.8. The molecule has 1 amide bonds. The number of non-ortho nitro benzene ring substituents is 1. The maximum absolute atomic E-state index is 12.4. The number of nitro benzene ring substituents is 1. The molecule has 1 N–H and O–H groups in total. The summed E-state index contributed by atoms with van der Waals surface area (Å²) in [7, 11) is 0. The fourth-order valence-corrected chi connectivity index (χ4v) is 3.54. The first-order valence-corrected chi connectivity index (χ1v) is 10.4. The molecule has 0 bridgehead atoms. The molecule has 0 radical (unpaired) electrons. The third kappa shape index (κ3) is 7.58. The monoisotopic (exact) mass is 546 g/mol. The second kappa shape index (κ2) is 12.8. The topological polar surface area (TPSA) is 104 Å². The fourth-order valence-electron chi connectivity index (χ4n) is 3.54. The van der Waals surface area contributed by atoms with Crippen LogP contribution in [0.4, 0.5) is 5.69 Å². The highest BCUT2D eigenvalue weighted by atomic mass is 127. The number of carbonyl (C=O) groups is 1. The summed E-state index contributed by atoms with van der Waals surface area (Å²) in [6.07, 6.45) is 0. The number of hydrogen-bond acceptors (Lipinski definition) is 6. The van der Waals surface area contributed by atoms with E-state index in [1.165, 1.54) is 12.1 Å². The minimum absolute atomic E-state index is 0. The van der Waals surface area contributed by atoms with E-state index in [4.69, 9.17) is 9.73 Å². The van der Waals surface area contributed by atoms with Gasteiger partial charge in [-0.15, -0.1) is 24.0 Å². The van der Waals surface area contributed by atoms with Gasteiger partial charge in [0.1, 0.15) is 0 Å². The van der Waals surface area contributed by atoms with Crippen LogP contribution in [-0.2, 0) is 16.1 Å². The lowest BCUT2D eigenvalue weighted by Crippen LogP contribution is -2.54. The highest BCUT2D eigenvalue weighted by Gasteiger charge is 2.24. The molecule has 2 aliphatic heterocycles. The second-order valence-corrected chi connectivity index (χ2v) is 7.35. The van der Waals surface area contributed by atoms with Gasteiger partial charge in [0.2, 0.25) is 5.91 Å². The number of piperazine rings is 1. The summed E-state index contributed by atoms with van der Waals surface area (Å²) in [5.41, 5.74) is 1.00. The van der Waals surface area contributed by atoms with Gasteiger partial charge < -0.3 is 19.9 Å². The molecule has 0 aliphatic carbocycles. The standard InChI is InChI=1S/C20H30N6O4.HI/c1-2-21-20(22-15-17-3-5-18(6-4-17)26(28)29)25-9-7-23(8-10-25)16-19(27)24-11-13-30-14-12-24;/h3-6H,2,7-16H2,1H3,(H,21,22);1H. The lowest BCUT2D eigenvalue weighted by molar-refractivity contribution is -0.384. The van der Waals surface area contributed by atoms with Crippen LogP contribution < -0.4 is 5.32 Å². The highest BCUT2D eigenvalue weighted by Crippen LogP contribution is 2.13. The van der Waals surface area contributed by atoms with Crippen molar-refractivity contribution in [2.75, 3.05) is 65.6 Å². The summed E-state index contributed by atoms with van der Waals surface area (Å²) >= 11 is 0. The first kappa shape index (κ1) is 25.3. The molecular weight excluding hydrogens is 515 g/mol. The van der Waals surface area contributed by atoms with Crippen LogP contribution in [-0.4, -0.2) is 97.1 Å². The van der Waals surface area contributed by atoms with Crippen molar-refractivity contribution in [2.45, 2.75) is 13.5 Å². The van der Waals surface area contributed by atoms with Crippen molar-refractivity contribution in [2.24, 2.45) is 4.99 Å². The zero-order chi connectivity index (χ0) is 21.3. The predicted molar refractivity (Wildman–Crippen MR) is 129 cm³/mol. The number of benzene rings is 1. The molecule has 0 aromatic heterocycles. The molecule has 0 spiro atoms. The van der Waals surface area contributed by atoms with Crippen molar-refractivity contribution < 1.29 is 14.5 Å². The number of rotatable bonds is 6. The molecule has 0 unspecified atom stereocenters. The summed E-state index contributed by atoms with van der Waals surface area (Å²) in [5.74, 6) is 1.00. The number of ether oxygens (including phenoxy) is 1. The van der Waals surface area contributed by atoms with Crippen LogP contribution in [0.5, 0.6) is 0 Å². The fraction of sp³-hybridized carbons (Fsp3) is 0.600. The highest BCUT2D eigenvalue weighted by molar-refractivity contribution is 14.0. The summed E-state index contributed by atoms with van der Waals surface area (Å²) < 4.78 is 5.31. The van der Waals surface area contributed by atoms with E-state index in [1.807, 2.05) is 11.8 Å². The molecule has 11 heteroatoms. The Morgan fingerprint density at radius 1 is 1.10 bits per heavy atom. The summed E-state index contributed by atoms with van der Waals surface area (Å²) in [5, 5.41) is 14.1. The zero-order valence-electron chi connectivity index (χ0n) is 17.9. The maximum atomic E-state index is 12.4. The lowest BCUT2D eigenvalue weighted by Gasteiger charge is -2.37. The Kier molecular flexibility index (Phi) is 10.4. The molecule has 2 aliphatic rings. The first-order chi connectivity index (χ1) is 14.6. The van der Waals surface area contributed by atoms with E-state index >= 15 is 0 Å². The number of nitrogens with zero attached hydrogens (tertiary/aromatic N) is 5. The molecular formula is C20H31IN6O4. The van der Waals surface area contributed by atoms with Gasteiger partial charge in [0.15, 0.2) is 5.96 Å². The third-order valence-electron chi connectivity index (χ3n) is 5.29. The van der Waals surface area contributed by atoms with Gasteiger partial charge in [-0.25, -0.2) is 4.99 Å². The zero-order valence-corrected chi connectivity index (χ0v) is 20.2. The van der Waals surface area contributed by atoms with Gasteiger partial charge in [-0.05, 0) is 12.5 Å². The number of nitrogens with one attached hydrogen (secondary N) is 1. The maximum Gasteiger partial charge on any atom is 0.269 e. The van der Waals surface area contributed by atoms with E-state index < -0.39 is 4.92 Å². The summed E-state index contributed by atoms with van der Waals surface area (Å²) in [4.78, 5) is 33.8. The number of guanidine groups is 1. The van der Waals surface area contributed by atoms with E-state index in [0.29, 0.717) is 39.4 Å². The number of hydrogen-bond donors (Lipinski definition) is 1. The number of nitro groups is 1. The average Bonchev–Trinajstić information content (AvgIpc) is 2.78. The van der Waals surface area contributed by atoms with E-state index in [2.05, 4.69) is 15.1 Å². The van der Waals surface area contributed by atoms with Crippen LogP contribution in [0.25, 0.3) is 0 Å². The molecule has 1 aromatic rings. The number of aliphatic imine (C=N–C) groups is 1. The molecule has 31 heavy (non-hydrogen) atoms. The molecule has 3 rings (SSSR count). The van der Waals surface area contributed by atoms with Crippen LogP contribution in [0, 0.1) is 10.1 Å². The Balaban J connectivity index is 0.00000341. The SMILES string of the molecule is CCNC(=NCc1ccc([N+](=O)[O-])cc1)N1CCN(CC(=O)N2CCOCC2)CC1.I. The quantitative estimate of drug-likeness (QED) is 0.188. The van der Waals surface area contributed by atoms with Crippen molar-refractivity contribution >= 4 is 41.5 Å². The van der Waals surface area contributed by atoms with Crippen molar-refractivity contribution in [3.8, 4) is 0 Å². The molecule has 0 saturated carbocycles. The predicted octanol–water partition coefficient (Wildman–Crippen LogP) is 1.15. The minimum atomic E-state index is -0.402. The van der Waals surface area contributed by atoms with Crippen molar-refractivity contribution in [3.05, 3.63) is 39.9 Å². The smallest absolute Gasteiger partial charge is 0.269 e. The third-order valence-corrected chi connectivity index (χ3v) is 5.29. The molecule has 2 saturated heterocycles. The Labute approximate surface area is 199 Å². The van der Waals surface area contributed by atoms with E-state index in [-0.39, 0.29) is 35.6 Å². The van der Waals surface area contributed by atoms with Crippen LogP contribution in [0.3, 0.4) is 0 Å². The molecule has 2 heterocycles. The molecule has 172 valence electrons. The van der Waals surface area contributed by atoms with Crippen molar-refractivity contribution in [3.63, 3.8) is 0 Å². The number of carbonyl (C=O) groups excluding carboxylic acids is 1. The van der Waals surface area contributed by atoms with Crippen LogP contribution in [0.2, 0.25) is 0 Å². The van der Waals surface area contributed by atoms with Crippen molar-refractivity contribution in [1.29, 1.82) is 0 Å². The number of amides is 1.